The molecule has 3 aromatic rings. The van der Waals surface area contributed by atoms with Crippen LogP contribution in [-0.4, -0.2) is 15.8 Å². The molecule has 3 rings (SSSR count). The van der Waals surface area contributed by atoms with Crippen LogP contribution in [0.25, 0.3) is 22.0 Å². The number of rotatable bonds is 3. The highest BCUT2D eigenvalue weighted by Gasteiger charge is 2.11. The van der Waals surface area contributed by atoms with Gasteiger partial charge in [-0.2, -0.15) is 0 Å². The number of hydrogen-bond donors (Lipinski definition) is 1. The van der Waals surface area contributed by atoms with Crippen molar-refractivity contribution in [3.8, 4) is 11.1 Å². The third-order valence-corrected chi connectivity index (χ3v) is 3.97. The van der Waals surface area contributed by atoms with E-state index in [-0.39, 0.29) is 5.56 Å². The fourth-order valence-electron chi connectivity index (χ4n) is 2.65. The van der Waals surface area contributed by atoms with Crippen LogP contribution in [0.3, 0.4) is 0 Å². The third kappa shape index (κ3) is 2.29. The summed E-state index contributed by atoms with van der Waals surface area (Å²) < 4.78 is 2.15. The van der Waals surface area contributed by atoms with Crippen LogP contribution in [-0.2, 0) is 7.05 Å². The predicted molar refractivity (Wildman–Crippen MR) is 91.5 cm³/mol. The average molecular weight is 291 g/mol. The first kappa shape index (κ1) is 14.1. The van der Waals surface area contributed by atoms with Gasteiger partial charge < -0.3 is 9.55 Å². The molecule has 0 aliphatic rings. The van der Waals surface area contributed by atoms with Crippen LogP contribution in [0.2, 0.25) is 0 Å². The van der Waals surface area contributed by atoms with E-state index in [1.807, 2.05) is 19.3 Å². The number of aromatic amines is 1. The quantitative estimate of drug-likeness (QED) is 0.739. The maximum Gasteiger partial charge on any atom is 0.247 e. The molecule has 0 amide bonds. The van der Waals surface area contributed by atoms with Crippen molar-refractivity contribution in [3.05, 3.63) is 70.9 Å². The number of fused-ring (bicyclic) bond motifs is 1. The molecule has 22 heavy (non-hydrogen) atoms. The van der Waals surface area contributed by atoms with Crippen molar-refractivity contribution >= 4 is 17.1 Å². The van der Waals surface area contributed by atoms with Crippen molar-refractivity contribution in [1.82, 2.24) is 9.55 Å². The number of benzene rings is 1. The van der Waals surface area contributed by atoms with E-state index in [4.69, 9.17) is 0 Å². The molecule has 0 radical (unpaired) electrons. The summed E-state index contributed by atoms with van der Waals surface area (Å²) in [4.78, 5) is 18.0. The van der Waals surface area contributed by atoms with E-state index in [0.29, 0.717) is 0 Å². The minimum Gasteiger partial charge on any atom is -0.347 e. The average Bonchev–Trinajstić information content (AvgIpc) is 2.77. The van der Waals surface area contributed by atoms with Gasteiger partial charge in [-0.1, -0.05) is 18.7 Å². The monoisotopic (exact) mass is 291 g/mol. The standard InChI is InChI=1S/C18H17N3O/c1-4-19-11-16-12(2)21(3)17-9-13(5-7-15(16)17)14-6-8-18(22)20-10-14/h4-11H,1H2,2-3H3,(H,20,22). The second kappa shape index (κ2) is 5.48. The van der Waals surface area contributed by atoms with Gasteiger partial charge in [0.1, 0.15) is 0 Å². The number of nitrogens with one attached hydrogen (secondary N) is 1. The molecule has 0 fully saturated rings. The minimum absolute atomic E-state index is 0.0949. The van der Waals surface area contributed by atoms with Crippen LogP contribution in [0, 0.1) is 6.92 Å². The van der Waals surface area contributed by atoms with Gasteiger partial charge in [0.25, 0.3) is 0 Å². The Balaban J connectivity index is 2.20. The lowest BCUT2D eigenvalue weighted by Crippen LogP contribution is -2.01. The molecule has 0 aliphatic heterocycles. The van der Waals surface area contributed by atoms with Crippen LogP contribution in [0.5, 0.6) is 0 Å². The fourth-order valence-corrected chi connectivity index (χ4v) is 2.65. The summed E-state index contributed by atoms with van der Waals surface area (Å²) in [5, 5.41) is 1.15. The zero-order chi connectivity index (χ0) is 15.7. The molecule has 2 aromatic heterocycles. The zero-order valence-corrected chi connectivity index (χ0v) is 12.6. The number of aryl methyl sites for hydroxylation is 1. The molecule has 0 atom stereocenters. The highest BCUT2D eigenvalue weighted by Crippen LogP contribution is 2.28. The van der Waals surface area contributed by atoms with Gasteiger partial charge in [0, 0.05) is 53.9 Å². The van der Waals surface area contributed by atoms with Crippen molar-refractivity contribution in [2.75, 3.05) is 0 Å². The van der Waals surface area contributed by atoms with E-state index in [1.54, 1.807) is 6.20 Å². The summed E-state index contributed by atoms with van der Waals surface area (Å²) in [6, 6.07) is 9.64. The topological polar surface area (TPSA) is 50.1 Å². The highest BCUT2D eigenvalue weighted by molar-refractivity contribution is 6.02. The first-order valence-corrected chi connectivity index (χ1v) is 7.04. The highest BCUT2D eigenvalue weighted by atomic mass is 16.1. The van der Waals surface area contributed by atoms with Crippen molar-refractivity contribution < 1.29 is 0 Å². The largest absolute Gasteiger partial charge is 0.347 e. The Labute approximate surface area is 128 Å². The molecule has 0 unspecified atom stereocenters. The molecule has 4 nitrogen and oxygen atoms in total. The summed E-state index contributed by atoms with van der Waals surface area (Å²) in [5.41, 5.74) is 5.34. The number of aliphatic imine (C=N–C) groups is 1. The van der Waals surface area contributed by atoms with Crippen molar-refractivity contribution in [2.24, 2.45) is 12.0 Å². The number of hydrogen-bond acceptors (Lipinski definition) is 2. The molecule has 0 aliphatic carbocycles. The molecular formula is C18H17N3O. The summed E-state index contributed by atoms with van der Waals surface area (Å²) in [5.74, 6) is 0. The lowest BCUT2D eigenvalue weighted by atomic mass is 10.0. The van der Waals surface area contributed by atoms with Crippen LogP contribution in [0.15, 0.2) is 59.1 Å². The number of pyridine rings is 1. The van der Waals surface area contributed by atoms with Crippen LogP contribution in [0.1, 0.15) is 11.3 Å². The minimum atomic E-state index is -0.0949. The smallest absolute Gasteiger partial charge is 0.247 e. The maximum atomic E-state index is 11.2. The zero-order valence-electron chi connectivity index (χ0n) is 12.6. The van der Waals surface area contributed by atoms with Crippen LogP contribution < -0.4 is 5.56 Å². The lowest BCUT2D eigenvalue weighted by molar-refractivity contribution is 0.917. The van der Waals surface area contributed by atoms with Gasteiger partial charge in [0.05, 0.1) is 0 Å². The summed E-state index contributed by atoms with van der Waals surface area (Å²) in [7, 11) is 2.04. The lowest BCUT2D eigenvalue weighted by Gasteiger charge is -2.03. The Hall–Kier alpha value is -2.88. The molecule has 0 spiro atoms. The SMILES string of the molecule is C=CN=Cc1c(C)n(C)c2cc(-c3ccc(=O)[nH]c3)ccc12. The Kier molecular flexibility index (Phi) is 3.51. The van der Waals surface area contributed by atoms with Crippen LogP contribution >= 0.6 is 0 Å². The van der Waals surface area contributed by atoms with E-state index in [1.165, 1.54) is 12.3 Å². The molecule has 1 aromatic carbocycles. The number of H-pyrrole nitrogens is 1. The van der Waals surface area contributed by atoms with E-state index in [0.717, 1.165) is 33.3 Å². The van der Waals surface area contributed by atoms with Gasteiger partial charge >= 0.3 is 0 Å². The normalized spacial score (nSPS) is 11.4. The number of nitrogens with zero attached hydrogens (tertiary/aromatic N) is 2. The van der Waals surface area contributed by atoms with Gasteiger partial charge in [-0.25, -0.2) is 0 Å². The third-order valence-electron chi connectivity index (χ3n) is 3.97. The summed E-state index contributed by atoms with van der Waals surface area (Å²) in [6.45, 7) is 5.69. The van der Waals surface area contributed by atoms with Gasteiger partial charge in [0.2, 0.25) is 5.56 Å². The number of aromatic nitrogens is 2. The van der Waals surface area contributed by atoms with Gasteiger partial charge in [-0.05, 0) is 30.2 Å². The van der Waals surface area contributed by atoms with Crippen molar-refractivity contribution in [1.29, 1.82) is 0 Å². The van der Waals surface area contributed by atoms with E-state index in [9.17, 15) is 4.79 Å². The molecule has 2 heterocycles. The molecule has 0 saturated carbocycles. The maximum absolute atomic E-state index is 11.2. The summed E-state index contributed by atoms with van der Waals surface area (Å²) in [6.07, 6.45) is 5.11. The Morgan fingerprint density at radius 1 is 1.23 bits per heavy atom. The molecule has 110 valence electrons. The second-order valence-electron chi connectivity index (χ2n) is 5.19. The van der Waals surface area contributed by atoms with E-state index >= 15 is 0 Å². The van der Waals surface area contributed by atoms with Crippen molar-refractivity contribution in [2.45, 2.75) is 6.92 Å². The van der Waals surface area contributed by atoms with Gasteiger partial charge in [-0.3, -0.25) is 9.79 Å². The molecule has 1 N–H and O–H groups in total. The van der Waals surface area contributed by atoms with E-state index in [2.05, 4.69) is 46.2 Å². The first-order valence-electron chi connectivity index (χ1n) is 7.04. The second-order valence-corrected chi connectivity index (χ2v) is 5.19. The Bertz CT molecular complexity index is 924. The Morgan fingerprint density at radius 3 is 2.68 bits per heavy atom. The Morgan fingerprint density at radius 2 is 2.00 bits per heavy atom. The van der Waals surface area contributed by atoms with Gasteiger partial charge in [0.15, 0.2) is 0 Å². The van der Waals surface area contributed by atoms with Crippen molar-refractivity contribution in [3.63, 3.8) is 0 Å². The fraction of sp³-hybridized carbons (Fsp3) is 0.111. The predicted octanol–water partition coefficient (Wildman–Crippen LogP) is 3.40. The molecule has 0 saturated heterocycles. The molecule has 0 bridgehead atoms. The van der Waals surface area contributed by atoms with Gasteiger partial charge in [-0.15, -0.1) is 0 Å². The molecular weight excluding hydrogens is 274 g/mol. The van der Waals surface area contributed by atoms with Crippen LogP contribution in [0.4, 0.5) is 0 Å². The first-order chi connectivity index (χ1) is 10.6. The molecule has 4 heteroatoms. The van der Waals surface area contributed by atoms with E-state index < -0.39 is 0 Å². The summed E-state index contributed by atoms with van der Waals surface area (Å²) >= 11 is 0.